The van der Waals surface area contributed by atoms with Gasteiger partial charge in [-0.15, -0.1) is 11.8 Å². The van der Waals surface area contributed by atoms with Crippen LogP contribution >= 0.6 is 11.8 Å². The van der Waals surface area contributed by atoms with Crippen LogP contribution < -0.4 is 0 Å². The van der Waals surface area contributed by atoms with Crippen LogP contribution in [0.1, 0.15) is 5.56 Å². The number of benzene rings is 1. The maximum Gasteiger partial charge on any atom is 0.416 e. The number of aliphatic carboxylic acids is 1. The smallest absolute Gasteiger partial charge is 0.416 e. The summed E-state index contributed by atoms with van der Waals surface area (Å²) in [6.45, 7) is 0. The zero-order valence-corrected chi connectivity index (χ0v) is 8.23. The molecule has 0 spiro atoms. The Bertz CT molecular complexity index is 363. The summed E-state index contributed by atoms with van der Waals surface area (Å²) in [5.74, 6) is -1.31. The van der Waals surface area contributed by atoms with E-state index in [2.05, 4.69) is 0 Å². The maximum absolute atomic E-state index is 12.2. The topological polar surface area (TPSA) is 37.3 Å². The zero-order chi connectivity index (χ0) is 11.5. The van der Waals surface area contributed by atoms with E-state index in [9.17, 15) is 18.0 Å². The molecule has 15 heavy (non-hydrogen) atoms. The fraction of sp³-hybridized carbons (Fsp3) is 0.222. The molecule has 82 valence electrons. The van der Waals surface area contributed by atoms with E-state index >= 15 is 0 Å². The summed E-state index contributed by atoms with van der Waals surface area (Å²) in [5.41, 5.74) is -0.766. The Labute approximate surface area is 88.1 Å². The van der Waals surface area contributed by atoms with Gasteiger partial charge in [-0.05, 0) is 18.2 Å². The summed E-state index contributed by atoms with van der Waals surface area (Å²) in [4.78, 5) is 10.5. The molecule has 0 heterocycles. The molecule has 1 N–H and O–H groups in total. The molecule has 1 aromatic carbocycles. The average Bonchev–Trinajstić information content (AvgIpc) is 2.14. The fourth-order valence-electron chi connectivity index (χ4n) is 0.907. The minimum atomic E-state index is -4.39. The number of thioether (sulfide) groups is 1. The Balaban J connectivity index is 2.79. The first-order chi connectivity index (χ1) is 6.89. The van der Waals surface area contributed by atoms with Gasteiger partial charge >= 0.3 is 12.1 Å². The number of carboxylic acid groups (broad SMARTS) is 1. The second-order valence-corrected chi connectivity index (χ2v) is 3.76. The highest BCUT2D eigenvalue weighted by Crippen LogP contribution is 2.31. The molecule has 0 bridgehead atoms. The lowest BCUT2D eigenvalue weighted by molar-refractivity contribution is -0.137. The van der Waals surface area contributed by atoms with E-state index in [4.69, 9.17) is 5.11 Å². The Kier molecular flexibility index (Phi) is 3.62. The van der Waals surface area contributed by atoms with Crippen LogP contribution in [0, 0.1) is 0 Å². The molecule has 0 atom stereocenters. The monoisotopic (exact) mass is 236 g/mol. The number of carboxylic acids is 1. The van der Waals surface area contributed by atoms with E-state index in [1.807, 2.05) is 0 Å². The van der Waals surface area contributed by atoms with Gasteiger partial charge in [-0.3, -0.25) is 4.79 Å². The highest BCUT2D eigenvalue weighted by Gasteiger charge is 2.30. The van der Waals surface area contributed by atoms with Gasteiger partial charge in [0.15, 0.2) is 0 Å². The van der Waals surface area contributed by atoms with Crippen molar-refractivity contribution >= 4 is 17.7 Å². The Hall–Kier alpha value is -1.17. The van der Waals surface area contributed by atoms with E-state index in [1.165, 1.54) is 12.1 Å². The van der Waals surface area contributed by atoms with Crippen molar-refractivity contribution in [2.45, 2.75) is 11.1 Å². The largest absolute Gasteiger partial charge is 0.481 e. The molecular formula is C9H7F3O2S. The van der Waals surface area contributed by atoms with Crippen molar-refractivity contribution in [1.82, 2.24) is 0 Å². The van der Waals surface area contributed by atoms with Crippen molar-refractivity contribution in [3.8, 4) is 0 Å². The van der Waals surface area contributed by atoms with Gasteiger partial charge in [0.05, 0.1) is 11.3 Å². The van der Waals surface area contributed by atoms with E-state index in [1.54, 1.807) is 0 Å². The van der Waals surface area contributed by atoms with Crippen molar-refractivity contribution in [2.75, 3.05) is 5.75 Å². The number of halogens is 3. The third-order valence-electron chi connectivity index (χ3n) is 1.52. The first kappa shape index (κ1) is 11.9. The first-order valence-electron chi connectivity index (χ1n) is 3.91. The molecule has 0 saturated carbocycles. The van der Waals surface area contributed by atoms with Gasteiger partial charge in [0.25, 0.3) is 0 Å². The molecule has 1 aromatic rings. The van der Waals surface area contributed by atoms with Gasteiger partial charge in [0, 0.05) is 4.90 Å². The third-order valence-corrected chi connectivity index (χ3v) is 2.50. The van der Waals surface area contributed by atoms with Crippen LogP contribution in [0.25, 0.3) is 0 Å². The highest BCUT2D eigenvalue weighted by atomic mass is 32.2. The molecule has 0 radical (unpaired) electrons. The van der Waals surface area contributed by atoms with Crippen LogP contribution in [0.2, 0.25) is 0 Å². The molecule has 6 heteroatoms. The molecule has 0 aliphatic carbocycles. The van der Waals surface area contributed by atoms with Crippen LogP contribution in [0.5, 0.6) is 0 Å². The molecule has 0 aliphatic heterocycles. The molecule has 0 aliphatic rings. The lowest BCUT2D eigenvalue weighted by Crippen LogP contribution is -2.04. The third kappa shape index (κ3) is 3.83. The van der Waals surface area contributed by atoms with Gasteiger partial charge in [0.1, 0.15) is 0 Å². The van der Waals surface area contributed by atoms with Crippen molar-refractivity contribution < 1.29 is 23.1 Å². The van der Waals surface area contributed by atoms with Crippen molar-refractivity contribution in [2.24, 2.45) is 0 Å². The van der Waals surface area contributed by atoms with Gasteiger partial charge < -0.3 is 5.11 Å². The van der Waals surface area contributed by atoms with Crippen molar-refractivity contribution in [3.05, 3.63) is 29.8 Å². The molecule has 0 aromatic heterocycles. The number of carbonyl (C=O) groups is 1. The van der Waals surface area contributed by atoms with Crippen LogP contribution in [0.15, 0.2) is 29.2 Å². The summed E-state index contributed by atoms with van der Waals surface area (Å²) in [5, 5.41) is 8.36. The van der Waals surface area contributed by atoms with E-state index in [0.717, 1.165) is 23.9 Å². The highest BCUT2D eigenvalue weighted by molar-refractivity contribution is 8.00. The first-order valence-corrected chi connectivity index (χ1v) is 4.90. The normalized spacial score (nSPS) is 11.4. The Morgan fingerprint density at radius 3 is 2.60 bits per heavy atom. The second kappa shape index (κ2) is 4.57. The minimum absolute atomic E-state index is 0.249. The zero-order valence-electron chi connectivity index (χ0n) is 7.41. The van der Waals surface area contributed by atoms with Gasteiger partial charge in [-0.2, -0.15) is 13.2 Å². The molecule has 0 saturated heterocycles. The average molecular weight is 236 g/mol. The van der Waals surface area contributed by atoms with E-state index in [0.29, 0.717) is 4.90 Å². The lowest BCUT2D eigenvalue weighted by Gasteiger charge is -2.07. The van der Waals surface area contributed by atoms with Gasteiger partial charge in [-0.1, -0.05) is 6.07 Å². The lowest BCUT2D eigenvalue weighted by atomic mass is 10.2. The summed E-state index contributed by atoms with van der Waals surface area (Å²) in [6.07, 6.45) is -4.39. The predicted molar refractivity (Wildman–Crippen MR) is 49.8 cm³/mol. The molecule has 0 unspecified atom stereocenters. The van der Waals surface area contributed by atoms with Crippen LogP contribution in [0.4, 0.5) is 13.2 Å². The number of rotatable bonds is 3. The number of hydrogen-bond donors (Lipinski definition) is 1. The Morgan fingerprint density at radius 1 is 1.40 bits per heavy atom. The number of hydrogen-bond acceptors (Lipinski definition) is 2. The SMILES string of the molecule is O=C(O)CSc1cccc(C(F)(F)F)c1. The van der Waals surface area contributed by atoms with Crippen LogP contribution in [0.3, 0.4) is 0 Å². The van der Waals surface area contributed by atoms with Gasteiger partial charge in [-0.25, -0.2) is 0 Å². The summed E-state index contributed by atoms with van der Waals surface area (Å²) < 4.78 is 36.7. The predicted octanol–water partition coefficient (Wildman–Crippen LogP) is 2.88. The molecule has 0 fully saturated rings. The molecular weight excluding hydrogens is 229 g/mol. The maximum atomic E-state index is 12.2. The van der Waals surface area contributed by atoms with E-state index in [-0.39, 0.29) is 5.75 Å². The summed E-state index contributed by atoms with van der Waals surface area (Å²) in [6, 6.07) is 4.59. The molecule has 0 amide bonds. The number of alkyl halides is 3. The summed E-state index contributed by atoms with van der Waals surface area (Å²) in [7, 11) is 0. The molecule has 2 nitrogen and oxygen atoms in total. The van der Waals surface area contributed by atoms with Crippen molar-refractivity contribution in [3.63, 3.8) is 0 Å². The van der Waals surface area contributed by atoms with Gasteiger partial charge in [0.2, 0.25) is 0 Å². The second-order valence-electron chi connectivity index (χ2n) is 2.71. The van der Waals surface area contributed by atoms with Crippen LogP contribution in [-0.4, -0.2) is 16.8 Å². The fourth-order valence-corrected chi connectivity index (χ4v) is 1.58. The van der Waals surface area contributed by atoms with Crippen molar-refractivity contribution in [1.29, 1.82) is 0 Å². The van der Waals surface area contributed by atoms with E-state index < -0.39 is 17.7 Å². The standard InChI is InChI=1S/C9H7F3O2S/c10-9(11,12)6-2-1-3-7(4-6)15-5-8(13)14/h1-4H,5H2,(H,13,14). The summed E-state index contributed by atoms with van der Waals surface area (Å²) >= 11 is 0.859. The quantitative estimate of drug-likeness (QED) is 0.820. The molecule has 1 rings (SSSR count). The Morgan fingerprint density at radius 2 is 2.07 bits per heavy atom. The minimum Gasteiger partial charge on any atom is -0.481 e. The van der Waals surface area contributed by atoms with Crippen LogP contribution in [-0.2, 0) is 11.0 Å².